The molecule has 0 saturated heterocycles. The maximum absolute atomic E-state index is 6.37. The van der Waals surface area contributed by atoms with Crippen molar-refractivity contribution in [3.63, 3.8) is 0 Å². The number of benzene rings is 1. The number of aromatic nitrogens is 1. The first-order valence-corrected chi connectivity index (χ1v) is 8.26. The average Bonchev–Trinajstić information content (AvgIpc) is 3.01. The Kier molecular flexibility index (Phi) is 4.78. The van der Waals surface area contributed by atoms with E-state index in [0.29, 0.717) is 0 Å². The molecule has 0 fully saturated rings. The van der Waals surface area contributed by atoms with Gasteiger partial charge in [-0.3, -0.25) is 9.98 Å². The van der Waals surface area contributed by atoms with Crippen LogP contribution in [0.15, 0.2) is 53.8 Å². The van der Waals surface area contributed by atoms with Gasteiger partial charge < -0.3 is 5.32 Å². The molecule has 1 aliphatic heterocycles. The molecule has 0 amide bonds. The van der Waals surface area contributed by atoms with E-state index in [1.54, 1.807) is 11.8 Å². The molecular formula is C16H16ClN3S. The number of nitrogens with zero attached hydrogens (tertiary/aromatic N) is 2. The van der Waals surface area contributed by atoms with Crippen LogP contribution in [-0.2, 0) is 6.42 Å². The predicted octanol–water partition coefficient (Wildman–Crippen LogP) is 3.71. The Morgan fingerprint density at radius 3 is 2.71 bits per heavy atom. The Labute approximate surface area is 133 Å². The van der Waals surface area contributed by atoms with Crippen LogP contribution >= 0.6 is 23.4 Å². The van der Waals surface area contributed by atoms with E-state index in [1.807, 2.05) is 42.7 Å². The van der Waals surface area contributed by atoms with E-state index in [1.165, 1.54) is 5.56 Å². The van der Waals surface area contributed by atoms with Crippen LogP contribution in [0.4, 0.5) is 0 Å². The van der Waals surface area contributed by atoms with E-state index < -0.39 is 0 Å². The van der Waals surface area contributed by atoms with Crippen molar-refractivity contribution in [1.82, 2.24) is 10.3 Å². The van der Waals surface area contributed by atoms with Gasteiger partial charge in [-0.1, -0.05) is 41.6 Å². The lowest BCUT2D eigenvalue weighted by Crippen LogP contribution is -2.27. The van der Waals surface area contributed by atoms with E-state index in [2.05, 4.69) is 21.4 Å². The second-order valence-corrected chi connectivity index (χ2v) is 6.30. The first kappa shape index (κ1) is 14.4. The molecule has 1 atom stereocenters. The highest BCUT2D eigenvalue weighted by Crippen LogP contribution is 2.27. The third kappa shape index (κ3) is 3.77. The van der Waals surface area contributed by atoms with Crippen molar-refractivity contribution in [3.8, 4) is 0 Å². The number of hydrogen-bond acceptors (Lipinski definition) is 4. The van der Waals surface area contributed by atoms with Crippen molar-refractivity contribution < 1.29 is 0 Å². The highest BCUT2D eigenvalue weighted by Gasteiger charge is 2.18. The van der Waals surface area contributed by atoms with Crippen molar-refractivity contribution >= 4 is 28.5 Å². The van der Waals surface area contributed by atoms with Crippen LogP contribution in [0, 0.1) is 0 Å². The zero-order chi connectivity index (χ0) is 14.5. The zero-order valence-corrected chi connectivity index (χ0v) is 13.1. The molecule has 2 aromatic rings. The highest BCUT2D eigenvalue weighted by atomic mass is 35.5. The van der Waals surface area contributed by atoms with Crippen LogP contribution in [-0.4, -0.2) is 22.4 Å². The molecule has 3 nitrogen and oxygen atoms in total. The fourth-order valence-corrected chi connectivity index (χ4v) is 3.37. The highest BCUT2D eigenvalue weighted by molar-refractivity contribution is 8.14. The number of thioether (sulfide) groups is 1. The number of nitrogens with one attached hydrogen (secondary N) is 1. The van der Waals surface area contributed by atoms with Gasteiger partial charge in [-0.25, -0.2) is 0 Å². The lowest BCUT2D eigenvalue weighted by Gasteiger charge is -2.21. The van der Waals surface area contributed by atoms with Gasteiger partial charge in [0, 0.05) is 23.2 Å². The van der Waals surface area contributed by atoms with Gasteiger partial charge in [-0.15, -0.1) is 0 Å². The van der Waals surface area contributed by atoms with Crippen LogP contribution in [0.25, 0.3) is 0 Å². The summed E-state index contributed by atoms with van der Waals surface area (Å²) in [5, 5.41) is 5.32. The number of pyridine rings is 1. The fourth-order valence-electron chi connectivity index (χ4n) is 2.32. The Balaban J connectivity index is 1.85. The molecule has 2 heterocycles. The molecule has 108 valence electrons. The summed E-state index contributed by atoms with van der Waals surface area (Å²) in [5.41, 5.74) is 2.33. The van der Waals surface area contributed by atoms with Gasteiger partial charge in [-0.2, -0.15) is 0 Å². The summed E-state index contributed by atoms with van der Waals surface area (Å²) in [7, 11) is 0. The summed E-state index contributed by atoms with van der Waals surface area (Å²) in [5.74, 6) is 1.05. The summed E-state index contributed by atoms with van der Waals surface area (Å²) >= 11 is 8.14. The molecule has 1 unspecified atom stereocenters. The molecule has 1 aromatic heterocycles. The molecule has 5 heteroatoms. The number of rotatable bonds is 4. The minimum Gasteiger partial charge on any atom is -0.358 e. The second-order valence-electron chi connectivity index (χ2n) is 4.81. The molecule has 3 rings (SSSR count). The summed E-state index contributed by atoms with van der Waals surface area (Å²) < 4.78 is 0. The van der Waals surface area contributed by atoms with Crippen LogP contribution in [0.5, 0.6) is 0 Å². The quantitative estimate of drug-likeness (QED) is 0.934. The normalized spacial score (nSPS) is 15.6. The molecule has 21 heavy (non-hydrogen) atoms. The Bertz CT molecular complexity index is 630. The lowest BCUT2D eigenvalue weighted by molar-refractivity contribution is 0.648. The summed E-state index contributed by atoms with van der Waals surface area (Å²) in [4.78, 5) is 8.56. The van der Waals surface area contributed by atoms with E-state index >= 15 is 0 Å². The molecular weight excluding hydrogens is 302 g/mol. The summed E-state index contributed by atoms with van der Waals surface area (Å²) in [6, 6.07) is 12.2. The molecule has 0 bridgehead atoms. The van der Waals surface area contributed by atoms with Gasteiger partial charge in [0.15, 0.2) is 5.17 Å². The maximum atomic E-state index is 6.37. The van der Waals surface area contributed by atoms with Gasteiger partial charge in [0.25, 0.3) is 0 Å². The zero-order valence-electron chi connectivity index (χ0n) is 11.5. The number of amidine groups is 1. The number of hydrogen-bond donors (Lipinski definition) is 1. The largest absolute Gasteiger partial charge is 0.358 e. The van der Waals surface area contributed by atoms with Crippen LogP contribution in [0.2, 0.25) is 5.02 Å². The van der Waals surface area contributed by atoms with Crippen LogP contribution in [0.1, 0.15) is 17.2 Å². The molecule has 0 radical (unpaired) electrons. The van der Waals surface area contributed by atoms with Crippen LogP contribution in [0.3, 0.4) is 0 Å². The third-order valence-corrected chi connectivity index (χ3v) is 4.60. The third-order valence-electron chi connectivity index (χ3n) is 3.35. The maximum Gasteiger partial charge on any atom is 0.157 e. The fraction of sp³-hybridized carbons (Fsp3) is 0.250. The smallest absolute Gasteiger partial charge is 0.157 e. The predicted molar refractivity (Wildman–Crippen MR) is 90.0 cm³/mol. The van der Waals surface area contributed by atoms with Crippen molar-refractivity contribution in [1.29, 1.82) is 0 Å². The van der Waals surface area contributed by atoms with Gasteiger partial charge in [0.1, 0.15) is 0 Å². The number of halogens is 1. The Hall–Kier alpha value is -1.52. The molecule has 1 aliphatic rings. The van der Waals surface area contributed by atoms with E-state index in [9.17, 15) is 0 Å². The van der Waals surface area contributed by atoms with E-state index in [-0.39, 0.29) is 6.04 Å². The SMILES string of the molecule is Clc1ccccc1C(Cc1ccncc1)NC1=NCCS1. The molecule has 0 aliphatic carbocycles. The van der Waals surface area contributed by atoms with E-state index in [0.717, 1.165) is 34.5 Å². The summed E-state index contributed by atoms with van der Waals surface area (Å²) in [6.07, 6.45) is 4.49. The van der Waals surface area contributed by atoms with Crippen LogP contribution < -0.4 is 5.32 Å². The first-order chi connectivity index (χ1) is 10.3. The minimum absolute atomic E-state index is 0.116. The molecule has 0 saturated carbocycles. The number of aliphatic imine (C=N–C) groups is 1. The Morgan fingerprint density at radius 2 is 2.00 bits per heavy atom. The van der Waals surface area contributed by atoms with E-state index in [4.69, 9.17) is 11.6 Å². The second kappa shape index (κ2) is 6.96. The first-order valence-electron chi connectivity index (χ1n) is 6.90. The van der Waals surface area contributed by atoms with Gasteiger partial charge in [0.05, 0.1) is 12.6 Å². The molecule has 0 spiro atoms. The summed E-state index contributed by atoms with van der Waals surface area (Å²) in [6.45, 7) is 0.886. The van der Waals surface area contributed by atoms with Gasteiger partial charge >= 0.3 is 0 Å². The minimum atomic E-state index is 0.116. The van der Waals surface area contributed by atoms with Crippen molar-refractivity contribution in [2.75, 3.05) is 12.3 Å². The molecule has 1 aromatic carbocycles. The van der Waals surface area contributed by atoms with Gasteiger partial charge in [-0.05, 0) is 35.7 Å². The monoisotopic (exact) mass is 317 g/mol. The van der Waals surface area contributed by atoms with Crippen molar-refractivity contribution in [3.05, 3.63) is 64.9 Å². The van der Waals surface area contributed by atoms with Crippen molar-refractivity contribution in [2.24, 2.45) is 4.99 Å². The Morgan fingerprint density at radius 1 is 1.19 bits per heavy atom. The average molecular weight is 318 g/mol. The van der Waals surface area contributed by atoms with Gasteiger partial charge in [0.2, 0.25) is 0 Å². The standard InChI is InChI=1S/C16H16ClN3S/c17-14-4-2-1-3-13(14)15(20-16-19-9-10-21-16)11-12-5-7-18-8-6-12/h1-8,15H,9-11H2,(H,19,20). The van der Waals surface area contributed by atoms with Crippen molar-refractivity contribution in [2.45, 2.75) is 12.5 Å². The topological polar surface area (TPSA) is 37.3 Å². The lowest BCUT2D eigenvalue weighted by atomic mass is 9.99. The molecule has 1 N–H and O–H groups in total.